The van der Waals surface area contributed by atoms with E-state index in [4.69, 9.17) is 23.5 Å². The molecule has 0 saturated heterocycles. The molecule has 0 atom stereocenters. The molecule has 0 unspecified atom stereocenters. The largest absolute Gasteiger partial charge is 0.300 e. The number of alkyl halides is 2. The number of hydrogen-bond acceptors (Lipinski definition) is 1. The van der Waals surface area contributed by atoms with Crippen LogP contribution in [0.2, 0.25) is 0 Å². The molecule has 16 heavy (non-hydrogen) atoms. The van der Waals surface area contributed by atoms with E-state index in [0.29, 0.717) is 10.0 Å². The summed E-state index contributed by atoms with van der Waals surface area (Å²) in [6.45, 7) is 0. The zero-order chi connectivity index (χ0) is 12.5. The summed E-state index contributed by atoms with van der Waals surface area (Å²) in [5, 5.41) is -1.59. The normalized spacial score (nSPS) is 11.8. The Balaban J connectivity index is 3.15. The molecule has 76 valence electrons. The number of rotatable bonds is 3. The lowest BCUT2D eigenvalue weighted by atomic mass is 9.40. The van der Waals surface area contributed by atoms with Gasteiger partial charge in [0, 0.05) is 10.0 Å². The Kier molecular flexibility index (Phi) is 3.99. The van der Waals surface area contributed by atoms with E-state index in [1.165, 1.54) is 18.2 Å². The van der Waals surface area contributed by atoms with Crippen LogP contribution in [0.4, 0.5) is 8.78 Å². The van der Waals surface area contributed by atoms with Gasteiger partial charge >= 0.3 is 6.43 Å². The van der Waals surface area contributed by atoms with Crippen molar-refractivity contribution >= 4 is 45.3 Å². The predicted octanol–water partition coefficient (Wildman–Crippen LogP) is 1.51. The first-order valence-corrected chi connectivity index (χ1v) is 5.02. The average Bonchev–Trinajstić information content (AvgIpc) is 2.14. The second-order valence-electron chi connectivity index (χ2n) is 3.29. The van der Waals surface area contributed by atoms with Gasteiger partial charge in [-0.05, 0) is 6.07 Å². The van der Waals surface area contributed by atoms with Crippen molar-refractivity contribution in [1.29, 1.82) is 0 Å². The van der Waals surface area contributed by atoms with Crippen LogP contribution in [0.3, 0.4) is 0 Å². The van der Waals surface area contributed by atoms with Gasteiger partial charge in [0.15, 0.2) is 0 Å². The van der Waals surface area contributed by atoms with E-state index in [2.05, 4.69) is 15.9 Å². The van der Waals surface area contributed by atoms with Crippen molar-refractivity contribution in [2.24, 2.45) is 0 Å². The number of hydrogen-bond donors (Lipinski definition) is 0. The molecule has 0 aliphatic carbocycles. The van der Waals surface area contributed by atoms with Gasteiger partial charge in [-0.15, -0.1) is 5.11 Å². The highest BCUT2D eigenvalue weighted by Gasteiger charge is 2.21. The second kappa shape index (κ2) is 4.74. The lowest BCUT2D eigenvalue weighted by Gasteiger charge is -2.22. The number of carbonyl (C=O) groups is 1. The molecule has 1 aromatic carbocycles. The molecule has 1 aromatic rings. The Hall–Kier alpha value is -0.575. The number of halogens is 3. The van der Waals surface area contributed by atoms with Gasteiger partial charge in [-0.2, -0.15) is 0 Å². The van der Waals surface area contributed by atoms with Gasteiger partial charge in [-0.3, -0.25) is 4.79 Å². The summed E-state index contributed by atoms with van der Waals surface area (Å²) in [6, 6.07) is 3.75. The van der Waals surface area contributed by atoms with E-state index in [1.807, 2.05) is 0 Å². The maximum absolute atomic E-state index is 12.1. The van der Waals surface area contributed by atoms with Crippen LogP contribution in [0.5, 0.6) is 0 Å². The molecule has 1 rings (SSSR count). The van der Waals surface area contributed by atoms with E-state index >= 15 is 0 Å². The monoisotopic (exact) mass is 278 g/mol. The molecule has 6 radical (unpaired) electrons. The second-order valence-corrected chi connectivity index (χ2v) is 4.15. The molecule has 0 N–H and O–H groups in total. The smallest absolute Gasteiger partial charge is 0.288 e. The van der Waals surface area contributed by atoms with Crippen LogP contribution in [0, 0.1) is 0 Å². The molecule has 0 heterocycles. The third-order valence-electron chi connectivity index (χ3n) is 1.92. The molecule has 0 saturated carbocycles. The molecule has 0 fully saturated rings. The van der Waals surface area contributed by atoms with Gasteiger partial charge in [0.05, 0.1) is 23.5 Å². The molecular formula is C9H4B3BrF2O. The van der Waals surface area contributed by atoms with Crippen molar-refractivity contribution in [2.45, 2.75) is 11.5 Å². The summed E-state index contributed by atoms with van der Waals surface area (Å²) in [7, 11) is 16.3. The molecule has 0 aliphatic rings. The van der Waals surface area contributed by atoms with Crippen molar-refractivity contribution in [3.63, 3.8) is 0 Å². The topological polar surface area (TPSA) is 17.1 Å². The summed E-state index contributed by atoms with van der Waals surface area (Å²) in [6.07, 6.45) is -3.05. The molecule has 0 aromatic heterocycles. The maximum atomic E-state index is 12.1. The molecule has 0 amide bonds. The van der Waals surface area contributed by atoms with Crippen LogP contribution >= 0.6 is 15.9 Å². The third-order valence-corrected chi connectivity index (χ3v) is 2.57. The zero-order valence-electron chi connectivity index (χ0n) is 8.08. The zero-order valence-corrected chi connectivity index (χ0v) is 9.67. The molecular weight excluding hydrogens is 274 g/mol. The van der Waals surface area contributed by atoms with Crippen LogP contribution in [-0.4, -0.2) is 35.7 Å². The minimum Gasteiger partial charge on any atom is -0.288 e. The first kappa shape index (κ1) is 13.5. The van der Waals surface area contributed by atoms with Crippen molar-refractivity contribution in [1.82, 2.24) is 0 Å². The van der Waals surface area contributed by atoms with Gasteiger partial charge in [-0.25, -0.2) is 8.78 Å². The van der Waals surface area contributed by atoms with Crippen LogP contribution in [0.15, 0.2) is 22.7 Å². The molecule has 0 bridgehead atoms. The maximum Gasteiger partial charge on any atom is 0.300 e. The minimum absolute atomic E-state index is 0.130. The first-order chi connectivity index (χ1) is 7.23. The predicted molar refractivity (Wildman–Crippen MR) is 63.4 cm³/mol. The first-order valence-electron chi connectivity index (χ1n) is 4.22. The Labute approximate surface area is 104 Å². The van der Waals surface area contributed by atoms with E-state index < -0.39 is 17.3 Å². The summed E-state index contributed by atoms with van der Waals surface area (Å²) in [5.74, 6) is -1.26. The Bertz CT molecular complexity index is 418. The molecule has 1 nitrogen and oxygen atoms in total. The highest BCUT2D eigenvalue weighted by atomic mass is 79.9. The fourth-order valence-electron chi connectivity index (χ4n) is 1.15. The standard InChI is InChI=1S/C9H4B3BrF2O/c10-9(11,12)5-2-1-4(3-6(5)13)7(16)8(14)15/h1-3,8H. The number of carbonyl (C=O) groups excluding carboxylic acids is 1. The fraction of sp³-hybridized carbons (Fsp3) is 0.222. The van der Waals surface area contributed by atoms with Crippen LogP contribution in [-0.2, 0) is 5.11 Å². The third kappa shape index (κ3) is 2.97. The minimum atomic E-state index is -3.05. The van der Waals surface area contributed by atoms with Crippen molar-refractivity contribution < 1.29 is 13.6 Å². The van der Waals surface area contributed by atoms with E-state index in [0.717, 1.165) is 0 Å². The Morgan fingerprint density at radius 2 is 1.88 bits per heavy atom. The summed E-state index contributed by atoms with van der Waals surface area (Å²) in [5.41, 5.74) is 0.188. The highest BCUT2D eigenvalue weighted by Crippen LogP contribution is 2.26. The van der Waals surface area contributed by atoms with E-state index in [9.17, 15) is 13.6 Å². The molecule has 0 spiro atoms. The van der Waals surface area contributed by atoms with Crippen molar-refractivity contribution in [2.75, 3.05) is 0 Å². The van der Waals surface area contributed by atoms with E-state index in [-0.39, 0.29) is 5.56 Å². The fourth-order valence-corrected chi connectivity index (χ4v) is 1.87. The van der Waals surface area contributed by atoms with Crippen LogP contribution in [0.25, 0.3) is 0 Å². The lowest BCUT2D eigenvalue weighted by Crippen LogP contribution is -2.27. The molecule has 7 heteroatoms. The highest BCUT2D eigenvalue weighted by molar-refractivity contribution is 9.10. The summed E-state index contributed by atoms with van der Waals surface area (Å²) < 4.78 is 24.6. The van der Waals surface area contributed by atoms with Crippen LogP contribution in [0.1, 0.15) is 15.9 Å². The number of Topliss-reactive ketones (excluding diaryl/α,β-unsaturated/α-hetero) is 1. The number of benzene rings is 1. The van der Waals surface area contributed by atoms with Gasteiger partial charge in [0.25, 0.3) is 0 Å². The Morgan fingerprint density at radius 3 is 2.25 bits per heavy atom. The number of ketones is 1. The Morgan fingerprint density at radius 1 is 1.31 bits per heavy atom. The lowest BCUT2D eigenvalue weighted by molar-refractivity contribution is 0.0678. The van der Waals surface area contributed by atoms with Gasteiger partial charge in [0.1, 0.15) is 0 Å². The van der Waals surface area contributed by atoms with Gasteiger partial charge in [0.2, 0.25) is 5.78 Å². The van der Waals surface area contributed by atoms with Gasteiger partial charge < -0.3 is 0 Å². The SMILES string of the molecule is [B]C([B])([B])c1ccc(C(=O)C(F)F)cc1Br. The molecule has 0 aliphatic heterocycles. The van der Waals surface area contributed by atoms with Gasteiger partial charge in [-0.1, -0.05) is 33.6 Å². The van der Waals surface area contributed by atoms with Crippen molar-refractivity contribution in [3.8, 4) is 0 Å². The van der Waals surface area contributed by atoms with Crippen molar-refractivity contribution in [3.05, 3.63) is 33.8 Å². The van der Waals surface area contributed by atoms with E-state index in [1.54, 1.807) is 0 Å². The summed E-state index contributed by atoms with van der Waals surface area (Å²) in [4.78, 5) is 11.0. The van der Waals surface area contributed by atoms with Crippen LogP contribution < -0.4 is 0 Å². The quantitative estimate of drug-likeness (QED) is 0.605. The summed E-state index contributed by atoms with van der Waals surface area (Å²) >= 11 is 3.06. The average molecular weight is 278 g/mol.